The van der Waals surface area contributed by atoms with Crippen molar-refractivity contribution in [3.63, 3.8) is 0 Å². The Kier molecular flexibility index (Phi) is 11.8. The third-order valence-electron chi connectivity index (χ3n) is 2.70. The van der Waals surface area contributed by atoms with Crippen LogP contribution in [0, 0.1) is 0 Å². The number of thioether (sulfide) groups is 1. The number of benzene rings is 1. The highest BCUT2D eigenvalue weighted by atomic mass is 127. The Balaban J connectivity index is 0.00000441. The van der Waals surface area contributed by atoms with Gasteiger partial charge in [0.05, 0.1) is 0 Å². The molecule has 1 rings (SSSR count). The van der Waals surface area contributed by atoms with E-state index in [1.54, 1.807) is 7.05 Å². The maximum Gasteiger partial charge on any atom is 0.191 e. The van der Waals surface area contributed by atoms with Gasteiger partial charge in [-0.15, -0.1) is 35.7 Å². The van der Waals surface area contributed by atoms with Crippen LogP contribution in [0.1, 0.15) is 20.8 Å². The molecule has 6 heteroatoms. The number of halogens is 1. The Hall–Kier alpha value is -0.470. The van der Waals surface area contributed by atoms with E-state index in [4.69, 9.17) is 0 Å². The van der Waals surface area contributed by atoms with Gasteiger partial charge in [0.25, 0.3) is 0 Å². The van der Waals surface area contributed by atoms with Crippen molar-refractivity contribution in [1.82, 2.24) is 16.0 Å². The second kappa shape index (κ2) is 12.0. The Bertz CT molecular complexity index is 418. The molecule has 3 N–H and O–H groups in total. The maximum atomic E-state index is 4.22. The van der Waals surface area contributed by atoms with E-state index in [9.17, 15) is 0 Å². The van der Waals surface area contributed by atoms with Gasteiger partial charge in [-0.3, -0.25) is 4.99 Å². The van der Waals surface area contributed by atoms with E-state index in [2.05, 4.69) is 66.0 Å². The van der Waals surface area contributed by atoms with Gasteiger partial charge >= 0.3 is 0 Å². The Labute approximate surface area is 156 Å². The van der Waals surface area contributed by atoms with Crippen LogP contribution >= 0.6 is 35.7 Å². The van der Waals surface area contributed by atoms with Gasteiger partial charge in [0.15, 0.2) is 5.96 Å². The van der Waals surface area contributed by atoms with E-state index in [-0.39, 0.29) is 29.5 Å². The van der Waals surface area contributed by atoms with Gasteiger partial charge < -0.3 is 16.0 Å². The third-order valence-corrected chi connectivity index (χ3v) is 3.72. The van der Waals surface area contributed by atoms with Gasteiger partial charge in [-0.2, -0.15) is 0 Å². The van der Waals surface area contributed by atoms with Crippen LogP contribution in [-0.2, 0) is 0 Å². The summed E-state index contributed by atoms with van der Waals surface area (Å²) in [7, 11) is 1.80. The molecule has 0 spiro atoms. The molecule has 22 heavy (non-hydrogen) atoms. The Morgan fingerprint density at radius 2 is 1.68 bits per heavy atom. The van der Waals surface area contributed by atoms with Crippen LogP contribution in [0.15, 0.2) is 40.2 Å². The van der Waals surface area contributed by atoms with E-state index in [0.29, 0.717) is 0 Å². The first-order valence-corrected chi connectivity index (χ1v) is 8.37. The first kappa shape index (κ1) is 21.5. The zero-order valence-electron chi connectivity index (χ0n) is 14.0. The lowest BCUT2D eigenvalue weighted by atomic mass is 10.1. The van der Waals surface area contributed by atoms with Crippen LogP contribution < -0.4 is 16.0 Å². The first-order chi connectivity index (χ1) is 10.0. The molecule has 126 valence electrons. The van der Waals surface area contributed by atoms with Gasteiger partial charge in [-0.25, -0.2) is 0 Å². The van der Waals surface area contributed by atoms with Crippen molar-refractivity contribution in [2.75, 3.05) is 32.4 Å². The number of nitrogens with zero attached hydrogens (tertiary/aromatic N) is 1. The fraction of sp³-hybridized carbons (Fsp3) is 0.562. The van der Waals surface area contributed by atoms with Gasteiger partial charge in [0.1, 0.15) is 0 Å². The summed E-state index contributed by atoms with van der Waals surface area (Å²) in [5.41, 5.74) is 0.158. The summed E-state index contributed by atoms with van der Waals surface area (Å²) in [6.07, 6.45) is 0. The van der Waals surface area contributed by atoms with E-state index in [1.807, 2.05) is 17.8 Å². The van der Waals surface area contributed by atoms with Crippen molar-refractivity contribution in [2.45, 2.75) is 31.2 Å². The van der Waals surface area contributed by atoms with Crippen LogP contribution in [-0.4, -0.2) is 43.9 Å². The van der Waals surface area contributed by atoms with Gasteiger partial charge in [-0.05, 0) is 32.9 Å². The van der Waals surface area contributed by atoms with Crippen molar-refractivity contribution in [1.29, 1.82) is 0 Å². The SMILES string of the molecule is CN=C(NCCNC(C)(C)C)NCCSc1ccccc1.I. The molecule has 1 aromatic carbocycles. The van der Waals surface area contributed by atoms with Crippen LogP contribution in [0.4, 0.5) is 0 Å². The standard InChI is InChI=1S/C16H28N4S.HI/c1-16(2,3)20-11-10-18-15(17-4)19-12-13-21-14-8-6-5-7-9-14;/h5-9,20H,10-13H2,1-4H3,(H2,17,18,19);1H. The molecule has 0 saturated heterocycles. The van der Waals surface area contributed by atoms with Gasteiger partial charge in [-0.1, -0.05) is 18.2 Å². The molecule has 0 radical (unpaired) electrons. The highest BCUT2D eigenvalue weighted by Gasteiger charge is 2.07. The average Bonchev–Trinajstić information content (AvgIpc) is 2.45. The van der Waals surface area contributed by atoms with E-state index >= 15 is 0 Å². The number of aliphatic imine (C=N–C) groups is 1. The van der Waals surface area contributed by atoms with Crippen LogP contribution in [0.3, 0.4) is 0 Å². The van der Waals surface area contributed by atoms with Gasteiger partial charge in [0.2, 0.25) is 0 Å². The van der Waals surface area contributed by atoms with Crippen molar-refractivity contribution in [2.24, 2.45) is 4.99 Å². The van der Waals surface area contributed by atoms with E-state index in [0.717, 1.165) is 31.3 Å². The molecular formula is C16H29IN4S. The minimum absolute atomic E-state index is 0. The number of rotatable bonds is 7. The normalized spacial score (nSPS) is 11.7. The summed E-state index contributed by atoms with van der Waals surface area (Å²) >= 11 is 1.85. The molecule has 0 saturated carbocycles. The van der Waals surface area contributed by atoms with Crippen molar-refractivity contribution >= 4 is 41.7 Å². The highest BCUT2D eigenvalue weighted by Crippen LogP contribution is 2.15. The largest absolute Gasteiger partial charge is 0.356 e. The van der Waals surface area contributed by atoms with E-state index < -0.39 is 0 Å². The molecule has 0 atom stereocenters. The first-order valence-electron chi connectivity index (χ1n) is 7.38. The smallest absolute Gasteiger partial charge is 0.191 e. The lowest BCUT2D eigenvalue weighted by molar-refractivity contribution is 0.428. The fourth-order valence-electron chi connectivity index (χ4n) is 1.69. The summed E-state index contributed by atoms with van der Waals surface area (Å²) in [6.45, 7) is 9.18. The molecular weight excluding hydrogens is 407 g/mol. The summed E-state index contributed by atoms with van der Waals surface area (Å²) < 4.78 is 0. The topological polar surface area (TPSA) is 48.5 Å². The monoisotopic (exact) mass is 436 g/mol. The van der Waals surface area contributed by atoms with Crippen molar-refractivity contribution < 1.29 is 0 Å². The minimum atomic E-state index is 0. The summed E-state index contributed by atoms with van der Waals surface area (Å²) in [6, 6.07) is 10.4. The lowest BCUT2D eigenvalue weighted by Crippen LogP contribution is -2.44. The van der Waals surface area contributed by atoms with Crippen LogP contribution in [0.5, 0.6) is 0 Å². The quantitative estimate of drug-likeness (QED) is 0.202. The van der Waals surface area contributed by atoms with Crippen LogP contribution in [0.2, 0.25) is 0 Å². The van der Waals surface area contributed by atoms with Crippen molar-refractivity contribution in [3.05, 3.63) is 30.3 Å². The maximum absolute atomic E-state index is 4.22. The molecule has 0 aliphatic rings. The number of hydrogen-bond acceptors (Lipinski definition) is 3. The summed E-state index contributed by atoms with van der Waals surface area (Å²) in [5, 5.41) is 10.1. The zero-order valence-corrected chi connectivity index (χ0v) is 17.1. The number of hydrogen-bond donors (Lipinski definition) is 3. The summed E-state index contributed by atoms with van der Waals surface area (Å²) in [5.74, 6) is 1.88. The molecule has 0 amide bonds. The molecule has 0 aromatic heterocycles. The molecule has 0 bridgehead atoms. The highest BCUT2D eigenvalue weighted by molar-refractivity contribution is 14.0. The third kappa shape index (κ3) is 11.1. The molecule has 0 fully saturated rings. The molecule has 1 aromatic rings. The number of nitrogens with one attached hydrogen (secondary N) is 3. The zero-order chi connectivity index (χ0) is 15.6. The van der Waals surface area contributed by atoms with E-state index in [1.165, 1.54) is 4.90 Å². The predicted molar refractivity (Wildman–Crippen MR) is 110 cm³/mol. The minimum Gasteiger partial charge on any atom is -0.356 e. The molecule has 0 aliphatic carbocycles. The van der Waals surface area contributed by atoms with Crippen LogP contribution in [0.25, 0.3) is 0 Å². The Morgan fingerprint density at radius 1 is 1.05 bits per heavy atom. The Morgan fingerprint density at radius 3 is 2.27 bits per heavy atom. The number of guanidine groups is 1. The van der Waals surface area contributed by atoms with Gasteiger partial charge in [0, 0.05) is 42.9 Å². The average molecular weight is 436 g/mol. The second-order valence-electron chi connectivity index (χ2n) is 5.76. The molecule has 0 aliphatic heterocycles. The molecule has 0 heterocycles. The molecule has 4 nitrogen and oxygen atoms in total. The fourth-order valence-corrected chi connectivity index (χ4v) is 2.48. The van der Waals surface area contributed by atoms with Crippen molar-refractivity contribution in [3.8, 4) is 0 Å². The lowest BCUT2D eigenvalue weighted by Gasteiger charge is -2.21. The summed E-state index contributed by atoms with van der Waals surface area (Å²) in [4.78, 5) is 5.53. The molecule has 0 unspecified atom stereocenters. The predicted octanol–water partition coefficient (Wildman–Crippen LogP) is 2.95. The second-order valence-corrected chi connectivity index (χ2v) is 6.93.